The Bertz CT molecular complexity index is 667. The lowest BCUT2D eigenvalue weighted by atomic mass is 9.31. The first-order chi connectivity index (χ1) is 13.5. The molecule has 5 saturated carbocycles. The molecule has 0 amide bonds. The van der Waals surface area contributed by atoms with Crippen molar-refractivity contribution >= 4 is 0 Å². The first-order valence-electron chi connectivity index (χ1n) is 13.2. The van der Waals surface area contributed by atoms with Crippen LogP contribution in [0.4, 0.5) is 0 Å². The van der Waals surface area contributed by atoms with Gasteiger partial charge in [0.2, 0.25) is 0 Å². The molecule has 0 aromatic heterocycles. The highest BCUT2D eigenvalue weighted by atomic mass is 16.3. The summed E-state index contributed by atoms with van der Waals surface area (Å²) in [6, 6.07) is 0. The van der Waals surface area contributed by atoms with E-state index in [1.165, 1.54) is 64.2 Å². The third-order valence-electron chi connectivity index (χ3n) is 12.9. The van der Waals surface area contributed by atoms with Gasteiger partial charge in [-0.3, -0.25) is 0 Å². The van der Waals surface area contributed by atoms with Crippen LogP contribution in [0.3, 0.4) is 0 Å². The molecule has 0 radical (unpaired) electrons. The Hall–Kier alpha value is -0.0400. The summed E-state index contributed by atoms with van der Waals surface area (Å²) in [5.41, 5.74) is 2.58. The molecule has 166 valence electrons. The topological polar surface area (TPSA) is 20.2 Å². The second-order valence-corrected chi connectivity index (χ2v) is 14.1. The van der Waals surface area contributed by atoms with Crippen LogP contribution in [0.1, 0.15) is 119 Å². The lowest BCUT2D eigenvalue weighted by Crippen LogP contribution is -2.66. The van der Waals surface area contributed by atoms with Gasteiger partial charge in [0, 0.05) is 0 Å². The fraction of sp³-hybridized carbons (Fsp3) is 1.00. The summed E-state index contributed by atoms with van der Waals surface area (Å²) >= 11 is 0. The molecule has 5 rings (SSSR count). The molecule has 0 aromatic carbocycles. The second-order valence-electron chi connectivity index (χ2n) is 14.1. The van der Waals surface area contributed by atoms with E-state index in [1.54, 1.807) is 0 Å². The fourth-order valence-electron chi connectivity index (χ4n) is 11.3. The molecular weight excluding hydrogens is 352 g/mol. The molecule has 0 spiro atoms. The van der Waals surface area contributed by atoms with Crippen molar-refractivity contribution in [1.29, 1.82) is 0 Å². The Morgan fingerprint density at radius 3 is 1.90 bits per heavy atom. The molecule has 0 bridgehead atoms. The van der Waals surface area contributed by atoms with E-state index in [2.05, 4.69) is 41.5 Å². The molecule has 0 aliphatic heterocycles. The minimum absolute atomic E-state index is 0.0248. The van der Waals surface area contributed by atoms with Gasteiger partial charge in [0.25, 0.3) is 0 Å². The predicted octanol–water partition coefficient (Wildman–Crippen LogP) is 7.61. The summed E-state index contributed by atoms with van der Waals surface area (Å²) in [5.74, 6) is 3.49. The second kappa shape index (κ2) is 6.26. The summed E-state index contributed by atoms with van der Waals surface area (Å²) in [6.45, 7) is 16.1. The maximum Gasteiger partial charge on any atom is 0.0543 e. The van der Waals surface area contributed by atoms with Gasteiger partial charge in [-0.2, -0.15) is 0 Å². The monoisotopic (exact) mass is 400 g/mol. The molecule has 1 unspecified atom stereocenters. The third-order valence-corrected chi connectivity index (χ3v) is 12.9. The van der Waals surface area contributed by atoms with Crippen LogP contribution in [0.25, 0.3) is 0 Å². The maximum absolute atomic E-state index is 10.4. The summed E-state index contributed by atoms with van der Waals surface area (Å²) in [5, 5.41) is 10.4. The van der Waals surface area contributed by atoms with Gasteiger partial charge in [-0.1, -0.05) is 48.0 Å². The summed E-state index contributed by atoms with van der Waals surface area (Å²) in [7, 11) is 0. The molecule has 0 aromatic rings. The van der Waals surface area contributed by atoms with Gasteiger partial charge in [0.1, 0.15) is 0 Å². The smallest absolute Gasteiger partial charge is 0.0543 e. The quantitative estimate of drug-likeness (QED) is 0.443. The molecule has 0 heterocycles. The molecule has 0 saturated heterocycles. The van der Waals surface area contributed by atoms with E-state index in [9.17, 15) is 5.11 Å². The van der Waals surface area contributed by atoms with Crippen LogP contribution in [0.5, 0.6) is 0 Å². The average Bonchev–Trinajstić information content (AvgIpc) is 2.62. The first-order valence-corrected chi connectivity index (χ1v) is 13.2. The van der Waals surface area contributed by atoms with Crippen LogP contribution >= 0.6 is 0 Å². The van der Waals surface area contributed by atoms with Crippen molar-refractivity contribution in [2.75, 3.05) is 0 Å². The standard InChI is InChI=1S/C28H48O/c1-24(2)13-7-14-26(4)21(24)12-17-28(6)23(26)9-8-22-25(3)15-11-20(29)18-19(25)10-16-27(22,28)5/h19-23,29H,7-18H2,1-6H3/t19-,20?,21-,22+,23+,25-,26-,27+,28+/m0/s1. The predicted molar refractivity (Wildman–Crippen MR) is 122 cm³/mol. The highest BCUT2D eigenvalue weighted by molar-refractivity contribution is 5.18. The first kappa shape index (κ1) is 20.8. The lowest BCUT2D eigenvalue weighted by Gasteiger charge is -2.73. The lowest BCUT2D eigenvalue weighted by molar-refractivity contribution is -0.249. The Kier molecular flexibility index (Phi) is 4.50. The molecule has 1 heteroatoms. The Balaban J connectivity index is 1.53. The van der Waals surface area contributed by atoms with E-state index < -0.39 is 0 Å². The SMILES string of the molecule is CC1(C)CCC[C@]2(C)[C@H]3CC[C@@H]4[C@@]5(C)CCC(O)C[C@@H]5CC[C@@]4(C)[C@]3(C)CC[C@@H]12. The number of aliphatic hydroxyl groups excluding tert-OH is 1. The van der Waals surface area contributed by atoms with Crippen LogP contribution < -0.4 is 0 Å². The van der Waals surface area contributed by atoms with Gasteiger partial charge in [-0.05, 0) is 121 Å². The zero-order valence-corrected chi connectivity index (χ0v) is 20.3. The Morgan fingerprint density at radius 2 is 1.21 bits per heavy atom. The Morgan fingerprint density at radius 1 is 0.586 bits per heavy atom. The third kappa shape index (κ3) is 2.55. The fourth-order valence-corrected chi connectivity index (χ4v) is 11.3. The molecule has 29 heavy (non-hydrogen) atoms. The maximum atomic E-state index is 10.4. The molecule has 9 atom stereocenters. The highest BCUT2D eigenvalue weighted by Gasteiger charge is 2.69. The number of aliphatic hydroxyl groups is 1. The largest absolute Gasteiger partial charge is 0.393 e. The minimum atomic E-state index is -0.0248. The minimum Gasteiger partial charge on any atom is -0.393 e. The molecular formula is C28H48O. The molecule has 5 aliphatic carbocycles. The van der Waals surface area contributed by atoms with Crippen molar-refractivity contribution < 1.29 is 5.11 Å². The summed E-state index contributed by atoms with van der Waals surface area (Å²) in [4.78, 5) is 0. The normalized spacial score (nSPS) is 59.1. The van der Waals surface area contributed by atoms with Crippen molar-refractivity contribution in [3.05, 3.63) is 0 Å². The van der Waals surface area contributed by atoms with Gasteiger partial charge in [-0.25, -0.2) is 0 Å². The number of fused-ring (bicyclic) bond motifs is 7. The summed E-state index contributed by atoms with van der Waals surface area (Å²) < 4.78 is 0. The van der Waals surface area contributed by atoms with Crippen molar-refractivity contribution in [2.45, 2.75) is 125 Å². The highest BCUT2D eigenvalue weighted by Crippen LogP contribution is 2.77. The van der Waals surface area contributed by atoms with Crippen molar-refractivity contribution in [3.63, 3.8) is 0 Å². The molecule has 5 fully saturated rings. The number of rotatable bonds is 0. The summed E-state index contributed by atoms with van der Waals surface area (Å²) in [6.07, 6.45) is 16.4. The van der Waals surface area contributed by atoms with Gasteiger partial charge in [-0.15, -0.1) is 0 Å². The van der Waals surface area contributed by atoms with Crippen LogP contribution in [-0.2, 0) is 0 Å². The number of hydrogen-bond acceptors (Lipinski definition) is 1. The molecule has 1 N–H and O–H groups in total. The van der Waals surface area contributed by atoms with E-state index in [-0.39, 0.29) is 6.10 Å². The van der Waals surface area contributed by atoms with Gasteiger partial charge in [0.05, 0.1) is 6.10 Å². The number of hydrogen-bond donors (Lipinski definition) is 1. The van der Waals surface area contributed by atoms with Gasteiger partial charge >= 0.3 is 0 Å². The van der Waals surface area contributed by atoms with Crippen molar-refractivity contribution in [3.8, 4) is 0 Å². The van der Waals surface area contributed by atoms with E-state index in [4.69, 9.17) is 0 Å². The average molecular weight is 401 g/mol. The van der Waals surface area contributed by atoms with Crippen LogP contribution in [0.15, 0.2) is 0 Å². The van der Waals surface area contributed by atoms with E-state index >= 15 is 0 Å². The van der Waals surface area contributed by atoms with Crippen molar-refractivity contribution in [1.82, 2.24) is 0 Å². The van der Waals surface area contributed by atoms with Gasteiger partial charge in [0.15, 0.2) is 0 Å². The molecule has 5 aliphatic rings. The van der Waals surface area contributed by atoms with E-state index in [0.29, 0.717) is 27.1 Å². The Labute approximate surface area is 180 Å². The van der Waals surface area contributed by atoms with Gasteiger partial charge < -0.3 is 5.11 Å². The molecule has 1 nitrogen and oxygen atoms in total. The van der Waals surface area contributed by atoms with Crippen molar-refractivity contribution in [2.24, 2.45) is 50.7 Å². The zero-order chi connectivity index (χ0) is 20.9. The van der Waals surface area contributed by atoms with Crippen LogP contribution in [0.2, 0.25) is 0 Å². The van der Waals surface area contributed by atoms with E-state index in [1.807, 2.05) is 0 Å². The zero-order valence-electron chi connectivity index (χ0n) is 20.3. The van der Waals surface area contributed by atoms with E-state index in [0.717, 1.165) is 36.5 Å². The van der Waals surface area contributed by atoms with Crippen LogP contribution in [0, 0.1) is 50.7 Å². The van der Waals surface area contributed by atoms with Crippen LogP contribution in [-0.4, -0.2) is 11.2 Å².